The Bertz CT molecular complexity index is 885. The van der Waals surface area contributed by atoms with Gasteiger partial charge in [0.25, 0.3) is 0 Å². The molecule has 2 heterocycles. The normalized spacial score (nSPS) is 29.5. The van der Waals surface area contributed by atoms with Crippen molar-refractivity contribution in [1.82, 2.24) is 9.88 Å². The summed E-state index contributed by atoms with van der Waals surface area (Å²) in [5.74, 6) is 1.40. The Morgan fingerprint density at radius 1 is 1.30 bits per heavy atom. The lowest BCUT2D eigenvalue weighted by atomic mass is 9.82. The summed E-state index contributed by atoms with van der Waals surface area (Å²) < 4.78 is 0. The number of aromatic nitrogens is 1. The first-order valence-electron chi connectivity index (χ1n) is 11.0. The van der Waals surface area contributed by atoms with E-state index in [-0.39, 0.29) is 11.3 Å². The van der Waals surface area contributed by atoms with Crippen molar-refractivity contribution in [3.05, 3.63) is 59.8 Å². The van der Waals surface area contributed by atoms with E-state index >= 15 is 0 Å². The maximum Gasteiger partial charge on any atom is 0.222 e. The fourth-order valence-electron chi connectivity index (χ4n) is 5.72. The molecule has 0 bridgehead atoms. The van der Waals surface area contributed by atoms with Crippen LogP contribution in [0.3, 0.4) is 0 Å². The third-order valence-electron chi connectivity index (χ3n) is 6.98. The number of fused-ring (bicyclic) bond motifs is 1. The number of anilines is 1. The van der Waals surface area contributed by atoms with Crippen LogP contribution in [0.2, 0.25) is 0 Å². The van der Waals surface area contributed by atoms with Crippen LogP contribution in [0.4, 0.5) is 5.82 Å². The van der Waals surface area contributed by atoms with Crippen LogP contribution in [-0.4, -0.2) is 46.1 Å². The lowest BCUT2D eigenvalue weighted by Gasteiger charge is -2.30. The second kappa shape index (κ2) is 8.12. The lowest BCUT2D eigenvalue weighted by molar-refractivity contribution is -0.114. The summed E-state index contributed by atoms with van der Waals surface area (Å²) in [6.07, 6.45) is 4.38. The van der Waals surface area contributed by atoms with Crippen LogP contribution in [0.15, 0.2) is 48.7 Å². The molecule has 1 aliphatic carbocycles. The van der Waals surface area contributed by atoms with Gasteiger partial charge in [-0.1, -0.05) is 50.2 Å². The second-order valence-corrected chi connectivity index (χ2v) is 9.87. The number of likely N-dealkylation sites (tertiary alicyclic amines) is 1. The first-order chi connectivity index (χ1) is 14.2. The monoisotopic (exact) mass is 407 g/mol. The van der Waals surface area contributed by atoms with E-state index in [0.29, 0.717) is 17.7 Å². The molecule has 2 fully saturated rings. The minimum atomic E-state index is -0.581. The molecule has 0 radical (unpaired) electrons. The average molecular weight is 408 g/mol. The molecule has 1 unspecified atom stereocenters. The summed E-state index contributed by atoms with van der Waals surface area (Å²) in [5, 5.41) is 14.0. The molecule has 1 aromatic heterocycles. The molecule has 4 rings (SSSR count). The van der Waals surface area contributed by atoms with E-state index in [2.05, 4.69) is 59.4 Å². The molecular weight excluding hydrogens is 374 g/mol. The van der Waals surface area contributed by atoms with Gasteiger partial charge in [-0.3, -0.25) is 4.79 Å². The Morgan fingerprint density at radius 3 is 2.70 bits per heavy atom. The highest BCUT2D eigenvalue weighted by Crippen LogP contribution is 2.53. The number of aliphatic hydroxyl groups is 1. The maximum absolute atomic E-state index is 11.3. The fraction of sp³-hybridized carbons (Fsp3) is 0.520. The van der Waals surface area contributed by atoms with Gasteiger partial charge in [0.2, 0.25) is 5.91 Å². The molecule has 4 atom stereocenters. The molecule has 5 heteroatoms. The molecule has 30 heavy (non-hydrogen) atoms. The first kappa shape index (κ1) is 21.0. The molecule has 0 spiro atoms. The van der Waals surface area contributed by atoms with E-state index in [1.807, 2.05) is 18.3 Å². The largest absolute Gasteiger partial charge is 0.390 e. The Hall–Kier alpha value is -2.24. The molecule has 1 amide bonds. The summed E-state index contributed by atoms with van der Waals surface area (Å²) in [5.41, 5.74) is 2.01. The number of nitrogens with one attached hydrogen (secondary N) is 1. The zero-order chi connectivity index (χ0) is 21.4. The van der Waals surface area contributed by atoms with Crippen LogP contribution in [0.1, 0.15) is 50.7 Å². The van der Waals surface area contributed by atoms with E-state index in [4.69, 9.17) is 0 Å². The van der Waals surface area contributed by atoms with Gasteiger partial charge in [0, 0.05) is 39.2 Å². The van der Waals surface area contributed by atoms with Gasteiger partial charge in [-0.25, -0.2) is 4.98 Å². The van der Waals surface area contributed by atoms with Crippen molar-refractivity contribution in [2.75, 3.05) is 25.0 Å². The number of carbonyl (C=O) groups is 1. The number of benzene rings is 1. The third kappa shape index (κ3) is 4.57. The number of carbonyl (C=O) groups excluding carboxylic acids is 1. The summed E-state index contributed by atoms with van der Waals surface area (Å²) in [7, 11) is 0. The number of hydrogen-bond acceptors (Lipinski definition) is 4. The highest BCUT2D eigenvalue weighted by Gasteiger charge is 2.55. The quantitative estimate of drug-likeness (QED) is 0.763. The van der Waals surface area contributed by atoms with Crippen molar-refractivity contribution >= 4 is 11.7 Å². The Morgan fingerprint density at radius 2 is 2.07 bits per heavy atom. The lowest BCUT2D eigenvalue weighted by Crippen LogP contribution is -2.35. The van der Waals surface area contributed by atoms with E-state index in [1.165, 1.54) is 18.1 Å². The maximum atomic E-state index is 11.3. The second-order valence-electron chi connectivity index (χ2n) is 9.87. The number of amides is 1. The van der Waals surface area contributed by atoms with Crippen molar-refractivity contribution < 1.29 is 9.90 Å². The molecule has 160 valence electrons. The van der Waals surface area contributed by atoms with Gasteiger partial charge in [0.15, 0.2) is 0 Å². The van der Waals surface area contributed by atoms with Crippen LogP contribution in [0.25, 0.3) is 0 Å². The number of rotatable bonds is 6. The van der Waals surface area contributed by atoms with Crippen molar-refractivity contribution in [2.24, 2.45) is 11.3 Å². The molecule has 1 saturated carbocycles. The predicted octanol–water partition coefficient (Wildman–Crippen LogP) is 3.85. The molecule has 1 saturated heterocycles. The molecule has 1 aromatic carbocycles. The van der Waals surface area contributed by atoms with Gasteiger partial charge in [-0.2, -0.15) is 0 Å². The van der Waals surface area contributed by atoms with Gasteiger partial charge >= 0.3 is 0 Å². The van der Waals surface area contributed by atoms with Gasteiger partial charge in [0.1, 0.15) is 5.82 Å². The Kier molecular flexibility index (Phi) is 5.69. The number of hydrogen-bond donors (Lipinski definition) is 2. The van der Waals surface area contributed by atoms with Crippen LogP contribution in [0, 0.1) is 11.3 Å². The van der Waals surface area contributed by atoms with E-state index in [0.717, 1.165) is 38.9 Å². The average Bonchev–Trinajstić information content (AvgIpc) is 3.08. The topological polar surface area (TPSA) is 65.5 Å². The van der Waals surface area contributed by atoms with Gasteiger partial charge in [-0.05, 0) is 47.3 Å². The van der Waals surface area contributed by atoms with Crippen molar-refractivity contribution in [1.29, 1.82) is 0 Å². The highest BCUT2D eigenvalue weighted by atomic mass is 16.3. The number of nitrogens with zero attached hydrogens (tertiary/aromatic N) is 2. The van der Waals surface area contributed by atoms with Crippen LogP contribution < -0.4 is 5.32 Å². The molecule has 5 nitrogen and oxygen atoms in total. The fourth-order valence-corrected chi connectivity index (χ4v) is 5.72. The van der Waals surface area contributed by atoms with Crippen LogP contribution in [-0.2, 0) is 11.2 Å². The van der Waals surface area contributed by atoms with Crippen molar-refractivity contribution in [3.8, 4) is 0 Å². The molecule has 2 aromatic rings. The standard InChI is InChI=1S/C25H33N3O2/c1-18(21-9-10-23(26-13-21)27-19(2)29)14-28-15-22-12-25(30,16-24(22,3)17-28)11-20-7-5-4-6-8-20/h4-10,13,18,22,30H,11-12,14-17H2,1-3H3,(H,26,27,29)/t18?,22-,24+,25-/m1/s1. The summed E-state index contributed by atoms with van der Waals surface area (Å²) in [6.45, 7) is 9.16. The minimum absolute atomic E-state index is 0.104. The first-order valence-corrected chi connectivity index (χ1v) is 11.0. The van der Waals surface area contributed by atoms with Crippen LogP contribution >= 0.6 is 0 Å². The summed E-state index contributed by atoms with van der Waals surface area (Å²) >= 11 is 0. The minimum Gasteiger partial charge on any atom is -0.390 e. The predicted molar refractivity (Wildman–Crippen MR) is 119 cm³/mol. The SMILES string of the molecule is CC(=O)Nc1ccc(C(C)CN2C[C@H]3C[C@](O)(Cc4ccccc4)C[C@@]3(C)C2)cn1. The molecule has 1 aliphatic heterocycles. The van der Waals surface area contributed by atoms with Crippen molar-refractivity contribution in [2.45, 2.75) is 51.6 Å². The van der Waals surface area contributed by atoms with E-state index in [9.17, 15) is 9.90 Å². The van der Waals surface area contributed by atoms with E-state index < -0.39 is 5.60 Å². The summed E-state index contributed by atoms with van der Waals surface area (Å²) in [6, 6.07) is 14.3. The number of pyridine rings is 1. The van der Waals surface area contributed by atoms with Gasteiger partial charge < -0.3 is 15.3 Å². The smallest absolute Gasteiger partial charge is 0.222 e. The van der Waals surface area contributed by atoms with Crippen LogP contribution in [0.5, 0.6) is 0 Å². The summed E-state index contributed by atoms with van der Waals surface area (Å²) in [4.78, 5) is 18.1. The third-order valence-corrected chi connectivity index (χ3v) is 6.98. The molecular formula is C25H33N3O2. The van der Waals surface area contributed by atoms with Gasteiger partial charge in [0.05, 0.1) is 5.60 Å². The zero-order valence-corrected chi connectivity index (χ0v) is 18.3. The molecule has 2 N–H and O–H groups in total. The Labute approximate surface area is 179 Å². The molecule has 2 aliphatic rings. The Balaban J connectivity index is 1.34. The van der Waals surface area contributed by atoms with E-state index in [1.54, 1.807) is 0 Å². The highest BCUT2D eigenvalue weighted by molar-refractivity contribution is 5.87. The van der Waals surface area contributed by atoms with Gasteiger partial charge in [-0.15, -0.1) is 0 Å². The van der Waals surface area contributed by atoms with Crippen molar-refractivity contribution in [3.63, 3.8) is 0 Å². The zero-order valence-electron chi connectivity index (χ0n) is 18.3.